The topological polar surface area (TPSA) is 112 Å². The summed E-state index contributed by atoms with van der Waals surface area (Å²) in [6.07, 6.45) is 5.60. The first kappa shape index (κ1) is 19.3. The zero-order chi connectivity index (χ0) is 19.8. The van der Waals surface area contributed by atoms with Crippen LogP contribution in [0.2, 0.25) is 0 Å². The van der Waals surface area contributed by atoms with Crippen molar-refractivity contribution in [3.8, 4) is 5.75 Å². The van der Waals surface area contributed by atoms with Gasteiger partial charge in [0.2, 0.25) is 17.8 Å². The van der Waals surface area contributed by atoms with E-state index in [2.05, 4.69) is 54.3 Å². The quantitative estimate of drug-likeness (QED) is 0.515. The molecule has 0 fully saturated rings. The minimum atomic E-state index is 0.262. The molecule has 0 unspecified atom stereocenters. The molecular weight excluding hydrogens is 356 g/mol. The average Bonchev–Trinajstić information content (AvgIpc) is 2.71. The molecule has 9 nitrogen and oxygen atoms in total. The van der Waals surface area contributed by atoms with Crippen molar-refractivity contribution < 1.29 is 5.11 Å². The van der Waals surface area contributed by atoms with E-state index < -0.39 is 0 Å². The predicted octanol–water partition coefficient (Wildman–Crippen LogP) is 2.61. The van der Waals surface area contributed by atoms with Gasteiger partial charge in [-0.15, -0.1) is 0 Å². The second-order valence-corrected chi connectivity index (χ2v) is 6.01. The first-order chi connectivity index (χ1) is 13.7. The van der Waals surface area contributed by atoms with Crippen LogP contribution in [0, 0.1) is 0 Å². The SMILES string of the molecule is CCN(CC)c1nc(NCCc2ccc(O)cc2)nc(Nc2cnccn2)n1. The molecule has 3 rings (SSSR count). The van der Waals surface area contributed by atoms with Crippen LogP contribution in [0.25, 0.3) is 0 Å². The highest BCUT2D eigenvalue weighted by atomic mass is 16.3. The number of hydrogen-bond acceptors (Lipinski definition) is 9. The van der Waals surface area contributed by atoms with Crippen LogP contribution in [0.3, 0.4) is 0 Å². The molecule has 0 aliphatic carbocycles. The third kappa shape index (κ3) is 5.26. The Morgan fingerprint density at radius 3 is 2.39 bits per heavy atom. The van der Waals surface area contributed by atoms with Crippen molar-refractivity contribution in [2.75, 3.05) is 35.2 Å². The molecule has 28 heavy (non-hydrogen) atoms. The Kier molecular flexibility index (Phi) is 6.50. The van der Waals surface area contributed by atoms with Crippen LogP contribution in [-0.4, -0.2) is 49.7 Å². The van der Waals surface area contributed by atoms with E-state index in [9.17, 15) is 5.11 Å². The maximum absolute atomic E-state index is 9.38. The largest absolute Gasteiger partial charge is 0.508 e. The van der Waals surface area contributed by atoms with Gasteiger partial charge in [0.05, 0.1) is 6.20 Å². The van der Waals surface area contributed by atoms with Gasteiger partial charge in [0.1, 0.15) is 5.75 Å². The van der Waals surface area contributed by atoms with E-state index >= 15 is 0 Å². The molecule has 0 spiro atoms. The molecule has 1 aromatic carbocycles. The van der Waals surface area contributed by atoms with Crippen LogP contribution in [0.5, 0.6) is 5.75 Å². The lowest BCUT2D eigenvalue weighted by molar-refractivity contribution is 0.475. The maximum atomic E-state index is 9.38. The molecule has 0 atom stereocenters. The molecule has 0 saturated heterocycles. The molecule has 2 heterocycles. The van der Waals surface area contributed by atoms with Gasteiger partial charge in [-0.1, -0.05) is 12.1 Å². The van der Waals surface area contributed by atoms with Gasteiger partial charge in [-0.3, -0.25) is 4.98 Å². The lowest BCUT2D eigenvalue weighted by Gasteiger charge is -2.19. The van der Waals surface area contributed by atoms with E-state index in [1.165, 1.54) is 0 Å². The summed E-state index contributed by atoms with van der Waals surface area (Å²) in [6.45, 7) is 6.34. The minimum Gasteiger partial charge on any atom is -0.508 e. The van der Waals surface area contributed by atoms with Crippen molar-refractivity contribution in [1.29, 1.82) is 0 Å². The Labute approximate surface area is 163 Å². The third-order valence-electron chi connectivity index (χ3n) is 4.11. The average molecular weight is 380 g/mol. The summed E-state index contributed by atoms with van der Waals surface area (Å²) in [5.41, 5.74) is 1.11. The highest BCUT2D eigenvalue weighted by Gasteiger charge is 2.12. The number of nitrogens with one attached hydrogen (secondary N) is 2. The van der Waals surface area contributed by atoms with E-state index in [-0.39, 0.29) is 5.75 Å². The van der Waals surface area contributed by atoms with Crippen molar-refractivity contribution in [2.45, 2.75) is 20.3 Å². The Morgan fingerprint density at radius 1 is 0.964 bits per heavy atom. The Morgan fingerprint density at radius 2 is 1.71 bits per heavy atom. The molecule has 0 amide bonds. The highest BCUT2D eigenvalue weighted by molar-refractivity contribution is 5.51. The molecular formula is C19H24N8O. The zero-order valence-electron chi connectivity index (χ0n) is 16.0. The van der Waals surface area contributed by atoms with Gasteiger partial charge in [-0.2, -0.15) is 15.0 Å². The number of benzene rings is 1. The summed E-state index contributed by atoms with van der Waals surface area (Å²) < 4.78 is 0. The minimum absolute atomic E-state index is 0.262. The molecule has 0 saturated carbocycles. The molecule has 9 heteroatoms. The molecule has 3 N–H and O–H groups in total. The van der Waals surface area contributed by atoms with E-state index in [1.807, 2.05) is 12.1 Å². The standard InChI is InChI=1S/C19H24N8O/c1-3-27(4-2)19-25-17(22-10-9-14-5-7-15(28)8-6-14)24-18(26-19)23-16-13-20-11-12-21-16/h5-8,11-13,28H,3-4,9-10H2,1-2H3,(H2,21,22,23,24,25,26). The number of phenolic OH excluding ortho intramolecular Hbond substituents is 1. The van der Waals surface area contributed by atoms with Crippen molar-refractivity contribution >= 4 is 23.7 Å². The Balaban J connectivity index is 1.75. The zero-order valence-corrected chi connectivity index (χ0v) is 16.0. The predicted molar refractivity (Wildman–Crippen MR) is 109 cm³/mol. The number of aromatic nitrogens is 5. The molecule has 0 aliphatic rings. The normalized spacial score (nSPS) is 10.5. The van der Waals surface area contributed by atoms with E-state index in [4.69, 9.17) is 0 Å². The lowest BCUT2D eigenvalue weighted by atomic mass is 10.1. The van der Waals surface area contributed by atoms with E-state index in [0.29, 0.717) is 30.2 Å². The fourth-order valence-corrected chi connectivity index (χ4v) is 2.61. The van der Waals surface area contributed by atoms with Crippen molar-refractivity contribution in [3.05, 3.63) is 48.4 Å². The van der Waals surface area contributed by atoms with Crippen molar-refractivity contribution in [3.63, 3.8) is 0 Å². The van der Waals surface area contributed by atoms with Crippen LogP contribution in [0.4, 0.5) is 23.7 Å². The smallest absolute Gasteiger partial charge is 0.235 e. The monoisotopic (exact) mass is 380 g/mol. The summed E-state index contributed by atoms with van der Waals surface area (Å²) in [5.74, 6) is 2.32. The highest BCUT2D eigenvalue weighted by Crippen LogP contribution is 2.16. The molecule has 0 radical (unpaired) electrons. The second-order valence-electron chi connectivity index (χ2n) is 6.01. The first-order valence-corrected chi connectivity index (χ1v) is 9.23. The van der Waals surface area contributed by atoms with Gasteiger partial charge >= 0.3 is 0 Å². The number of hydrogen-bond donors (Lipinski definition) is 3. The third-order valence-corrected chi connectivity index (χ3v) is 4.11. The lowest BCUT2D eigenvalue weighted by Crippen LogP contribution is -2.25. The first-order valence-electron chi connectivity index (χ1n) is 9.23. The van der Waals surface area contributed by atoms with Crippen LogP contribution in [0.1, 0.15) is 19.4 Å². The van der Waals surface area contributed by atoms with Crippen molar-refractivity contribution in [2.24, 2.45) is 0 Å². The number of phenols is 1. The fraction of sp³-hybridized carbons (Fsp3) is 0.316. The Hall–Kier alpha value is -3.49. The van der Waals surface area contributed by atoms with Gasteiger partial charge in [-0.25, -0.2) is 4.98 Å². The van der Waals surface area contributed by atoms with Gasteiger partial charge in [0.25, 0.3) is 0 Å². The summed E-state index contributed by atoms with van der Waals surface area (Å²) in [4.78, 5) is 23.8. The molecule has 0 aliphatic heterocycles. The van der Waals surface area contributed by atoms with Gasteiger partial charge < -0.3 is 20.6 Å². The maximum Gasteiger partial charge on any atom is 0.235 e. The summed E-state index contributed by atoms with van der Waals surface area (Å²) in [7, 11) is 0. The number of rotatable bonds is 9. The van der Waals surface area contributed by atoms with Crippen LogP contribution in [-0.2, 0) is 6.42 Å². The van der Waals surface area contributed by atoms with Crippen molar-refractivity contribution in [1.82, 2.24) is 24.9 Å². The van der Waals surface area contributed by atoms with Crippen LogP contribution in [0.15, 0.2) is 42.9 Å². The fourth-order valence-electron chi connectivity index (χ4n) is 2.61. The molecule has 146 valence electrons. The van der Waals surface area contributed by atoms with E-state index in [1.54, 1.807) is 30.7 Å². The summed E-state index contributed by atoms with van der Waals surface area (Å²) in [5, 5.41) is 15.7. The second kappa shape index (κ2) is 9.45. The summed E-state index contributed by atoms with van der Waals surface area (Å²) in [6, 6.07) is 7.15. The number of aromatic hydroxyl groups is 1. The van der Waals surface area contributed by atoms with E-state index in [0.717, 1.165) is 25.1 Å². The van der Waals surface area contributed by atoms with Gasteiger partial charge in [-0.05, 0) is 38.0 Å². The molecule has 2 aromatic heterocycles. The summed E-state index contributed by atoms with van der Waals surface area (Å²) >= 11 is 0. The molecule has 3 aromatic rings. The van der Waals surface area contributed by atoms with Gasteiger partial charge in [0.15, 0.2) is 5.82 Å². The number of anilines is 4. The van der Waals surface area contributed by atoms with Gasteiger partial charge in [0, 0.05) is 32.0 Å². The van der Waals surface area contributed by atoms with Crippen LogP contribution < -0.4 is 15.5 Å². The van der Waals surface area contributed by atoms with Crippen LogP contribution >= 0.6 is 0 Å². The molecule has 0 bridgehead atoms. The Bertz CT molecular complexity index is 869. The number of nitrogens with zero attached hydrogens (tertiary/aromatic N) is 6.